The molecule has 1 N–H and O–H groups in total. The van der Waals surface area contributed by atoms with Crippen LogP contribution in [-0.2, 0) is 4.79 Å². The number of thiocarbonyl (C=S) groups is 1. The van der Waals surface area contributed by atoms with E-state index >= 15 is 0 Å². The number of anilines is 1. The third-order valence-electron chi connectivity index (χ3n) is 3.64. The zero-order valence-electron chi connectivity index (χ0n) is 13.5. The van der Waals surface area contributed by atoms with E-state index < -0.39 is 0 Å². The van der Waals surface area contributed by atoms with E-state index in [1.807, 2.05) is 0 Å². The second kappa shape index (κ2) is 7.80. The van der Waals surface area contributed by atoms with Crippen molar-refractivity contribution in [2.45, 2.75) is 0 Å². The molecular weight excluding hydrogens is 411 g/mol. The van der Waals surface area contributed by atoms with Crippen molar-refractivity contribution in [2.24, 2.45) is 0 Å². The maximum absolute atomic E-state index is 12.3. The van der Waals surface area contributed by atoms with E-state index in [0.717, 1.165) is 5.56 Å². The van der Waals surface area contributed by atoms with Crippen molar-refractivity contribution in [2.75, 3.05) is 12.4 Å². The summed E-state index contributed by atoms with van der Waals surface area (Å²) in [4.78, 5) is 26.4. The quantitative estimate of drug-likeness (QED) is 0.553. The molecule has 1 saturated heterocycles. The van der Waals surface area contributed by atoms with E-state index in [1.54, 1.807) is 55.6 Å². The van der Waals surface area contributed by atoms with Gasteiger partial charge >= 0.3 is 0 Å². The van der Waals surface area contributed by atoms with E-state index in [1.165, 1.54) is 16.7 Å². The summed E-state index contributed by atoms with van der Waals surface area (Å²) in [6.07, 6.45) is 1.75. The van der Waals surface area contributed by atoms with Gasteiger partial charge in [-0.2, -0.15) is 0 Å². The molecule has 8 heteroatoms. The molecule has 0 aromatic heterocycles. The van der Waals surface area contributed by atoms with E-state index in [4.69, 9.17) is 35.4 Å². The number of benzene rings is 2. The number of hydrogen-bond acceptors (Lipinski definition) is 4. The average Bonchev–Trinajstić information content (AvgIpc) is 2.85. The molecule has 0 aliphatic carbocycles. The smallest absolute Gasteiger partial charge is 0.265 e. The van der Waals surface area contributed by atoms with Crippen molar-refractivity contribution in [1.82, 2.24) is 4.90 Å². The summed E-state index contributed by atoms with van der Waals surface area (Å²) in [5.74, 6) is -0.417. The monoisotopic (exact) mass is 422 g/mol. The van der Waals surface area contributed by atoms with Gasteiger partial charge in [-0.3, -0.25) is 14.5 Å². The summed E-state index contributed by atoms with van der Waals surface area (Å²) in [6.45, 7) is 0. The fraction of sp³-hybridized carbons (Fsp3) is 0.0556. The Morgan fingerprint density at radius 3 is 2.46 bits per heavy atom. The number of amides is 2. The van der Waals surface area contributed by atoms with Crippen molar-refractivity contribution < 1.29 is 9.59 Å². The van der Waals surface area contributed by atoms with Crippen LogP contribution in [0, 0.1) is 0 Å². The van der Waals surface area contributed by atoms with Crippen LogP contribution in [0.5, 0.6) is 0 Å². The number of hydrogen-bond donors (Lipinski definition) is 1. The van der Waals surface area contributed by atoms with Crippen LogP contribution in [0.1, 0.15) is 15.9 Å². The number of carbonyl (C=O) groups excluding carboxylic acids is 2. The maximum Gasteiger partial charge on any atom is 0.265 e. The Labute approximate surface area is 170 Å². The highest BCUT2D eigenvalue weighted by molar-refractivity contribution is 8.26. The van der Waals surface area contributed by atoms with E-state index in [2.05, 4.69) is 5.32 Å². The largest absolute Gasteiger partial charge is 0.321 e. The van der Waals surface area contributed by atoms with Gasteiger partial charge in [-0.05, 0) is 42.0 Å². The molecule has 2 amide bonds. The molecule has 0 unspecified atom stereocenters. The standard InChI is InChI=1S/C18H12Cl2N2O2S2/c1-22-17(24)15(26-18(22)25)8-10-2-4-11(5-3-10)16(23)21-14-7-6-12(19)9-13(14)20/h2-9H,1H3,(H,21,23). The molecule has 4 nitrogen and oxygen atoms in total. The molecule has 26 heavy (non-hydrogen) atoms. The predicted octanol–water partition coefficient (Wildman–Crippen LogP) is 5.08. The summed E-state index contributed by atoms with van der Waals surface area (Å²) < 4.78 is 0.525. The third-order valence-corrected chi connectivity index (χ3v) is 5.67. The van der Waals surface area contributed by atoms with Gasteiger partial charge in [-0.15, -0.1) is 0 Å². The van der Waals surface area contributed by atoms with Gasteiger partial charge in [0.15, 0.2) is 0 Å². The van der Waals surface area contributed by atoms with Gasteiger partial charge in [0.05, 0.1) is 15.6 Å². The first-order valence-electron chi connectivity index (χ1n) is 7.43. The van der Waals surface area contributed by atoms with Crippen molar-refractivity contribution in [3.05, 3.63) is 68.5 Å². The zero-order valence-corrected chi connectivity index (χ0v) is 16.6. The van der Waals surface area contributed by atoms with E-state index in [0.29, 0.717) is 30.5 Å². The number of rotatable bonds is 3. The molecule has 2 aromatic carbocycles. The van der Waals surface area contributed by atoms with Gasteiger partial charge in [0, 0.05) is 17.6 Å². The van der Waals surface area contributed by atoms with Gasteiger partial charge in [0.25, 0.3) is 11.8 Å². The fourth-order valence-electron chi connectivity index (χ4n) is 2.21. The number of carbonyl (C=O) groups is 2. The molecule has 0 atom stereocenters. The lowest BCUT2D eigenvalue weighted by molar-refractivity contribution is -0.121. The Balaban J connectivity index is 1.74. The Bertz CT molecular complexity index is 943. The molecule has 1 heterocycles. The molecule has 0 bridgehead atoms. The van der Waals surface area contributed by atoms with Crippen LogP contribution in [-0.4, -0.2) is 28.1 Å². The highest BCUT2D eigenvalue weighted by Gasteiger charge is 2.28. The summed E-state index contributed by atoms with van der Waals surface area (Å²) >= 11 is 18.3. The van der Waals surface area contributed by atoms with Gasteiger partial charge < -0.3 is 5.32 Å². The SMILES string of the molecule is CN1C(=O)C(=Cc2ccc(C(=O)Nc3ccc(Cl)cc3Cl)cc2)SC1=S. The zero-order chi connectivity index (χ0) is 18.8. The first kappa shape index (κ1) is 18.9. The second-order valence-electron chi connectivity index (χ2n) is 5.44. The minimum Gasteiger partial charge on any atom is -0.321 e. The van der Waals surface area contributed by atoms with Crippen LogP contribution in [0.25, 0.3) is 6.08 Å². The van der Waals surface area contributed by atoms with Crippen molar-refractivity contribution in [3.8, 4) is 0 Å². The predicted molar refractivity (Wildman–Crippen MR) is 112 cm³/mol. The number of halogens is 2. The van der Waals surface area contributed by atoms with Crippen LogP contribution in [0.4, 0.5) is 5.69 Å². The van der Waals surface area contributed by atoms with E-state index in [9.17, 15) is 9.59 Å². The van der Waals surface area contributed by atoms with Crippen LogP contribution in [0.15, 0.2) is 47.4 Å². The minimum atomic E-state index is -0.291. The van der Waals surface area contributed by atoms with Gasteiger partial charge in [0.1, 0.15) is 4.32 Å². The number of nitrogens with one attached hydrogen (secondary N) is 1. The molecule has 132 valence electrons. The van der Waals surface area contributed by atoms with Crippen LogP contribution < -0.4 is 5.32 Å². The molecule has 2 aromatic rings. The molecule has 3 rings (SSSR count). The fourth-order valence-corrected chi connectivity index (χ4v) is 3.85. The third kappa shape index (κ3) is 4.10. The highest BCUT2D eigenvalue weighted by atomic mass is 35.5. The van der Waals surface area contributed by atoms with Crippen LogP contribution in [0.3, 0.4) is 0 Å². The van der Waals surface area contributed by atoms with Crippen LogP contribution >= 0.6 is 47.2 Å². The summed E-state index contributed by atoms with van der Waals surface area (Å²) in [5, 5.41) is 3.60. The van der Waals surface area contributed by atoms with Gasteiger partial charge in [-0.1, -0.05) is 59.3 Å². The number of thioether (sulfide) groups is 1. The summed E-state index contributed by atoms with van der Waals surface area (Å²) in [6, 6.07) is 11.7. The van der Waals surface area contributed by atoms with Crippen molar-refractivity contribution in [1.29, 1.82) is 0 Å². The second-order valence-corrected chi connectivity index (χ2v) is 7.96. The Morgan fingerprint density at radius 2 is 1.88 bits per heavy atom. The van der Waals surface area contributed by atoms with E-state index in [-0.39, 0.29) is 11.8 Å². The molecule has 0 spiro atoms. The Morgan fingerprint density at radius 1 is 1.19 bits per heavy atom. The normalized spacial score (nSPS) is 15.7. The van der Waals surface area contributed by atoms with Crippen molar-refractivity contribution >= 4 is 75.1 Å². The molecular formula is C18H12Cl2N2O2S2. The molecule has 1 fully saturated rings. The lowest BCUT2D eigenvalue weighted by atomic mass is 10.1. The lowest BCUT2D eigenvalue weighted by Gasteiger charge is -2.08. The molecule has 1 aliphatic heterocycles. The Kier molecular flexibility index (Phi) is 5.67. The first-order chi connectivity index (χ1) is 12.3. The lowest BCUT2D eigenvalue weighted by Crippen LogP contribution is -2.22. The number of likely N-dealkylation sites (N-methyl/N-ethyl adjacent to an activating group) is 1. The van der Waals surface area contributed by atoms with Gasteiger partial charge in [-0.25, -0.2) is 0 Å². The van der Waals surface area contributed by atoms with Gasteiger partial charge in [0.2, 0.25) is 0 Å². The van der Waals surface area contributed by atoms with Crippen molar-refractivity contribution in [3.63, 3.8) is 0 Å². The minimum absolute atomic E-state index is 0.126. The summed E-state index contributed by atoms with van der Waals surface area (Å²) in [5.41, 5.74) is 1.76. The molecule has 0 saturated carbocycles. The van der Waals surface area contributed by atoms with Crippen LogP contribution in [0.2, 0.25) is 10.0 Å². The topological polar surface area (TPSA) is 49.4 Å². The molecule has 1 aliphatic rings. The highest BCUT2D eigenvalue weighted by Crippen LogP contribution is 2.31. The average molecular weight is 423 g/mol. The first-order valence-corrected chi connectivity index (χ1v) is 9.41. The molecule has 0 radical (unpaired) electrons. The maximum atomic E-state index is 12.3. The summed E-state index contributed by atoms with van der Waals surface area (Å²) in [7, 11) is 1.65. The number of nitrogens with zero attached hydrogens (tertiary/aromatic N) is 1. The Hall–Kier alpha value is -1.86.